The van der Waals surface area contributed by atoms with Gasteiger partial charge in [-0.2, -0.15) is 0 Å². The highest BCUT2D eigenvalue weighted by atomic mass is 16.2. The number of anilines is 1. The Hall–Kier alpha value is -2.62. The van der Waals surface area contributed by atoms with Gasteiger partial charge in [0.1, 0.15) is 6.42 Å². The third kappa shape index (κ3) is 5.55. The van der Waals surface area contributed by atoms with Crippen molar-refractivity contribution in [2.24, 2.45) is 0 Å². The Balaban J connectivity index is 1.65. The third-order valence-electron chi connectivity index (χ3n) is 6.53. The minimum atomic E-state index is -0.257. The second-order valence-corrected chi connectivity index (χ2v) is 9.48. The number of rotatable bonds is 8. The molecule has 0 aromatic heterocycles. The molecule has 0 bridgehead atoms. The number of hydrogen-bond acceptors (Lipinski definition) is 2. The quantitative estimate of drug-likeness (QED) is 0.523. The lowest BCUT2D eigenvalue weighted by atomic mass is 9.79. The molecule has 0 saturated heterocycles. The maximum Gasteiger partial charge on any atom is 0.233 e. The van der Waals surface area contributed by atoms with Crippen molar-refractivity contribution < 1.29 is 9.59 Å². The van der Waals surface area contributed by atoms with Crippen molar-refractivity contribution in [3.05, 3.63) is 65.2 Å². The number of nitrogens with one attached hydrogen (secondary N) is 2. The van der Waals surface area contributed by atoms with Crippen molar-refractivity contribution in [3.63, 3.8) is 0 Å². The van der Waals surface area contributed by atoms with Gasteiger partial charge >= 0.3 is 0 Å². The smallest absolute Gasteiger partial charge is 0.233 e. The molecule has 1 saturated carbocycles. The van der Waals surface area contributed by atoms with Crippen molar-refractivity contribution in [2.45, 2.75) is 77.0 Å². The van der Waals surface area contributed by atoms with E-state index < -0.39 is 0 Å². The van der Waals surface area contributed by atoms with E-state index in [9.17, 15) is 9.59 Å². The molecule has 166 valence electrons. The number of benzene rings is 2. The number of carbonyl (C=O) groups excluding carboxylic acids is 2. The highest BCUT2D eigenvalue weighted by molar-refractivity contribution is 6.04. The van der Waals surface area contributed by atoms with Crippen molar-refractivity contribution in [1.82, 2.24) is 5.32 Å². The Bertz CT molecular complexity index is 870. The topological polar surface area (TPSA) is 58.2 Å². The summed E-state index contributed by atoms with van der Waals surface area (Å²) in [4.78, 5) is 25.4. The highest BCUT2D eigenvalue weighted by Gasteiger charge is 2.35. The summed E-state index contributed by atoms with van der Waals surface area (Å²) < 4.78 is 0. The summed E-state index contributed by atoms with van der Waals surface area (Å²) in [7, 11) is 0. The van der Waals surface area contributed by atoms with Crippen LogP contribution in [0.2, 0.25) is 0 Å². The van der Waals surface area contributed by atoms with Crippen LogP contribution in [0.1, 0.15) is 88.3 Å². The van der Waals surface area contributed by atoms with E-state index >= 15 is 0 Å². The number of carbonyl (C=O) groups is 2. The van der Waals surface area contributed by atoms with Crippen LogP contribution in [0, 0.1) is 0 Å². The number of amides is 2. The van der Waals surface area contributed by atoms with E-state index in [1.165, 1.54) is 18.4 Å². The van der Waals surface area contributed by atoms with Crippen LogP contribution in [0.15, 0.2) is 48.5 Å². The molecule has 4 heteroatoms. The summed E-state index contributed by atoms with van der Waals surface area (Å²) in [5.74, 6) is 0.104. The van der Waals surface area contributed by atoms with E-state index in [0.29, 0.717) is 6.54 Å². The predicted molar refractivity (Wildman–Crippen MR) is 127 cm³/mol. The normalized spacial score (nSPS) is 15.3. The average Bonchev–Trinajstić information content (AvgIpc) is 3.23. The summed E-state index contributed by atoms with van der Waals surface area (Å²) in [5, 5.41) is 6.10. The fraction of sp³-hybridized carbons (Fsp3) is 0.481. The van der Waals surface area contributed by atoms with Gasteiger partial charge in [-0.25, -0.2) is 0 Å². The number of para-hydroxylation sites is 1. The standard InChI is InChI=1S/C27H36N2O2/c1-19(2)22-13-10-14-23(20(3)4)26(22)29-25(31)17-24(30)28-18-27(15-8-9-16-27)21-11-6-5-7-12-21/h5-7,10-14,19-20H,8-9,15-18H2,1-4H3,(H,28,30)(H,29,31). The molecule has 3 rings (SSSR count). The lowest BCUT2D eigenvalue weighted by molar-refractivity contribution is -0.127. The Morgan fingerprint density at radius 3 is 1.97 bits per heavy atom. The van der Waals surface area contributed by atoms with Crippen LogP contribution in [0.4, 0.5) is 5.69 Å². The third-order valence-corrected chi connectivity index (χ3v) is 6.53. The fourth-order valence-corrected chi connectivity index (χ4v) is 4.77. The molecule has 0 unspecified atom stereocenters. The SMILES string of the molecule is CC(C)c1cccc(C(C)C)c1NC(=O)CC(=O)NCC1(c2ccccc2)CCCC1. The second kappa shape index (κ2) is 10.1. The highest BCUT2D eigenvalue weighted by Crippen LogP contribution is 2.40. The molecule has 1 aliphatic carbocycles. The van der Waals surface area contributed by atoms with Gasteiger partial charge < -0.3 is 10.6 Å². The first kappa shape index (κ1) is 23.1. The van der Waals surface area contributed by atoms with Gasteiger partial charge in [0.25, 0.3) is 0 Å². The van der Waals surface area contributed by atoms with E-state index in [0.717, 1.165) is 29.7 Å². The molecule has 2 aromatic rings. The van der Waals surface area contributed by atoms with Crippen LogP contribution in [-0.2, 0) is 15.0 Å². The van der Waals surface area contributed by atoms with E-state index in [-0.39, 0.29) is 35.5 Å². The van der Waals surface area contributed by atoms with Crippen molar-refractivity contribution >= 4 is 17.5 Å². The second-order valence-electron chi connectivity index (χ2n) is 9.48. The summed E-state index contributed by atoms with van der Waals surface area (Å²) in [6.45, 7) is 9.06. The summed E-state index contributed by atoms with van der Waals surface area (Å²) in [6.07, 6.45) is 4.34. The summed E-state index contributed by atoms with van der Waals surface area (Å²) in [5.41, 5.74) is 4.34. The molecule has 1 fully saturated rings. The first-order valence-corrected chi connectivity index (χ1v) is 11.6. The maximum absolute atomic E-state index is 12.7. The minimum absolute atomic E-state index is 0.0115. The molecule has 0 aliphatic heterocycles. The fourth-order valence-electron chi connectivity index (χ4n) is 4.77. The monoisotopic (exact) mass is 420 g/mol. The molecular weight excluding hydrogens is 384 g/mol. The van der Waals surface area contributed by atoms with Crippen LogP contribution >= 0.6 is 0 Å². The zero-order valence-corrected chi connectivity index (χ0v) is 19.3. The largest absolute Gasteiger partial charge is 0.355 e. The molecule has 2 N–H and O–H groups in total. The van der Waals surface area contributed by atoms with Crippen LogP contribution in [0.5, 0.6) is 0 Å². The molecule has 0 spiro atoms. The van der Waals surface area contributed by atoms with Gasteiger partial charge in [0.15, 0.2) is 0 Å². The van der Waals surface area contributed by atoms with Crippen LogP contribution in [0.25, 0.3) is 0 Å². The molecule has 1 aliphatic rings. The van der Waals surface area contributed by atoms with Gasteiger partial charge in [0.05, 0.1) is 0 Å². The van der Waals surface area contributed by atoms with Gasteiger partial charge in [-0.1, -0.05) is 89.1 Å². The van der Waals surface area contributed by atoms with Gasteiger partial charge in [-0.05, 0) is 41.4 Å². The molecule has 0 radical (unpaired) electrons. The summed E-state index contributed by atoms with van der Waals surface area (Å²) >= 11 is 0. The molecule has 4 nitrogen and oxygen atoms in total. The van der Waals surface area contributed by atoms with Crippen LogP contribution in [0.3, 0.4) is 0 Å². The molecule has 2 amide bonds. The Labute approximate surface area is 186 Å². The van der Waals surface area contributed by atoms with Crippen molar-refractivity contribution in [3.8, 4) is 0 Å². The van der Waals surface area contributed by atoms with E-state index in [4.69, 9.17) is 0 Å². The average molecular weight is 421 g/mol. The van der Waals surface area contributed by atoms with Crippen LogP contribution < -0.4 is 10.6 Å². The molecular formula is C27H36N2O2. The first-order valence-electron chi connectivity index (χ1n) is 11.6. The van der Waals surface area contributed by atoms with Crippen molar-refractivity contribution in [2.75, 3.05) is 11.9 Å². The molecule has 0 atom stereocenters. The van der Waals surface area contributed by atoms with Crippen LogP contribution in [-0.4, -0.2) is 18.4 Å². The minimum Gasteiger partial charge on any atom is -0.355 e. The van der Waals surface area contributed by atoms with Gasteiger partial charge in [-0.15, -0.1) is 0 Å². The lowest BCUT2D eigenvalue weighted by Crippen LogP contribution is -2.40. The molecule has 0 heterocycles. The summed E-state index contributed by atoms with van der Waals surface area (Å²) in [6, 6.07) is 16.6. The van der Waals surface area contributed by atoms with E-state index in [1.807, 2.05) is 12.1 Å². The Morgan fingerprint density at radius 2 is 1.42 bits per heavy atom. The molecule has 31 heavy (non-hydrogen) atoms. The van der Waals surface area contributed by atoms with E-state index in [2.05, 4.69) is 74.7 Å². The molecule has 2 aromatic carbocycles. The Morgan fingerprint density at radius 1 is 0.839 bits per heavy atom. The van der Waals surface area contributed by atoms with E-state index in [1.54, 1.807) is 0 Å². The first-order chi connectivity index (χ1) is 14.8. The lowest BCUT2D eigenvalue weighted by Gasteiger charge is -2.30. The maximum atomic E-state index is 12.7. The zero-order valence-electron chi connectivity index (χ0n) is 19.3. The van der Waals surface area contributed by atoms with Gasteiger partial charge in [0.2, 0.25) is 11.8 Å². The van der Waals surface area contributed by atoms with Gasteiger partial charge in [-0.3, -0.25) is 9.59 Å². The van der Waals surface area contributed by atoms with Gasteiger partial charge in [0, 0.05) is 17.6 Å². The predicted octanol–water partition coefficient (Wildman–Crippen LogP) is 5.89. The number of hydrogen-bond donors (Lipinski definition) is 2. The zero-order chi connectivity index (χ0) is 22.4. The van der Waals surface area contributed by atoms with Crippen molar-refractivity contribution in [1.29, 1.82) is 0 Å². The Kier molecular flexibility index (Phi) is 7.53.